The number of fused-ring (bicyclic) bond motifs is 1. The number of carbonyl (C=O) groups excluding carboxylic acids is 4. The average Bonchev–Trinajstić information content (AvgIpc) is 3.48. The minimum absolute atomic E-state index is 0.0200. The standard InChI is InChI=1S/C25H37N7O7S/c1-13-20-19(14(2)29-17(34)11-27-12-26)24(37)32(20)21(25(38)39)22(13)40-15-9-16(28-10-15)23(36)31-6-4-30(5-7-31)18(35)3-8-33/h12-16,19-20,28,33H,3-11H2,1-2H3,(H2,26,27)(H,29,34)(H,38,39)/t13-,14-,15+,16+,19-,20?/m1/s1. The maximum atomic E-state index is 13.2. The summed E-state index contributed by atoms with van der Waals surface area (Å²) in [6, 6.07) is -1.31. The number of piperazine rings is 1. The Balaban J connectivity index is 1.36. The van der Waals surface area contributed by atoms with E-state index in [1.54, 1.807) is 16.7 Å². The first-order chi connectivity index (χ1) is 19.1. The Hall–Kier alpha value is -3.17. The maximum absolute atomic E-state index is 13.2. The van der Waals surface area contributed by atoms with E-state index in [1.807, 2.05) is 6.92 Å². The normalized spacial score (nSPS) is 29.0. The summed E-state index contributed by atoms with van der Waals surface area (Å²) in [5, 5.41) is 24.9. The smallest absolute Gasteiger partial charge is 0.353 e. The molecule has 6 N–H and O–H groups in total. The number of aliphatic carboxylic acids is 1. The number of hydrogen-bond acceptors (Lipinski definition) is 9. The van der Waals surface area contributed by atoms with Crippen LogP contribution in [0.1, 0.15) is 26.7 Å². The molecule has 0 saturated carbocycles. The van der Waals surface area contributed by atoms with E-state index in [9.17, 15) is 29.1 Å². The van der Waals surface area contributed by atoms with E-state index in [-0.39, 0.29) is 66.1 Å². The van der Waals surface area contributed by atoms with Gasteiger partial charge >= 0.3 is 5.97 Å². The minimum Gasteiger partial charge on any atom is -0.477 e. The highest BCUT2D eigenvalue weighted by Gasteiger charge is 2.60. The Labute approximate surface area is 236 Å². The highest BCUT2D eigenvalue weighted by molar-refractivity contribution is 8.03. The number of amides is 4. The lowest BCUT2D eigenvalue weighted by molar-refractivity contribution is -0.158. The quantitative estimate of drug-likeness (QED) is 0.107. The van der Waals surface area contributed by atoms with Crippen LogP contribution in [0.15, 0.2) is 15.6 Å². The number of aliphatic hydroxyl groups is 1. The van der Waals surface area contributed by atoms with Gasteiger partial charge in [-0.1, -0.05) is 6.92 Å². The predicted octanol–water partition coefficient (Wildman–Crippen LogP) is -2.23. The minimum atomic E-state index is -1.18. The van der Waals surface area contributed by atoms with E-state index in [0.29, 0.717) is 44.0 Å². The van der Waals surface area contributed by atoms with Crippen molar-refractivity contribution in [3.8, 4) is 0 Å². The van der Waals surface area contributed by atoms with Crippen molar-refractivity contribution in [1.29, 1.82) is 0 Å². The number of nitrogens with zero attached hydrogens (tertiary/aromatic N) is 4. The summed E-state index contributed by atoms with van der Waals surface area (Å²) in [6.07, 6.45) is 1.61. The monoisotopic (exact) mass is 579 g/mol. The van der Waals surface area contributed by atoms with Gasteiger partial charge in [-0.3, -0.25) is 24.2 Å². The van der Waals surface area contributed by atoms with Gasteiger partial charge in [-0.15, -0.1) is 11.8 Å². The third-order valence-corrected chi connectivity index (χ3v) is 9.52. The highest BCUT2D eigenvalue weighted by atomic mass is 32.2. The second-order valence-corrected chi connectivity index (χ2v) is 11.8. The van der Waals surface area contributed by atoms with Gasteiger partial charge in [-0.2, -0.15) is 0 Å². The lowest BCUT2D eigenvalue weighted by Gasteiger charge is -2.47. The molecule has 40 heavy (non-hydrogen) atoms. The fourth-order valence-electron chi connectivity index (χ4n) is 6.03. The highest BCUT2D eigenvalue weighted by Crippen LogP contribution is 2.51. The third-order valence-electron chi connectivity index (χ3n) is 8.01. The van der Waals surface area contributed by atoms with Crippen LogP contribution in [0.4, 0.5) is 0 Å². The van der Waals surface area contributed by atoms with Gasteiger partial charge in [0.1, 0.15) is 12.2 Å². The molecule has 4 rings (SSSR count). The van der Waals surface area contributed by atoms with Crippen molar-refractivity contribution >= 4 is 47.7 Å². The van der Waals surface area contributed by atoms with Crippen molar-refractivity contribution in [2.24, 2.45) is 22.6 Å². The molecule has 220 valence electrons. The molecule has 6 atom stereocenters. The number of carboxylic acid groups (broad SMARTS) is 1. The fourth-order valence-corrected chi connectivity index (χ4v) is 7.51. The van der Waals surface area contributed by atoms with Crippen LogP contribution in [0.25, 0.3) is 0 Å². The number of carbonyl (C=O) groups is 5. The molecule has 0 bridgehead atoms. The Kier molecular flexibility index (Phi) is 9.36. The number of β-lactam (4-membered cyclic amide) rings is 1. The molecule has 0 radical (unpaired) electrons. The molecular weight excluding hydrogens is 542 g/mol. The van der Waals surface area contributed by atoms with Crippen LogP contribution >= 0.6 is 11.8 Å². The van der Waals surface area contributed by atoms with Crippen LogP contribution in [-0.4, -0.2) is 130 Å². The second-order valence-electron chi connectivity index (χ2n) is 10.5. The first kappa shape index (κ1) is 29.8. The molecule has 0 spiro atoms. The van der Waals surface area contributed by atoms with Gasteiger partial charge in [0.2, 0.25) is 23.6 Å². The topological polar surface area (TPSA) is 198 Å². The van der Waals surface area contributed by atoms with E-state index in [2.05, 4.69) is 15.6 Å². The van der Waals surface area contributed by atoms with Crippen molar-refractivity contribution in [2.75, 3.05) is 45.9 Å². The lowest BCUT2D eigenvalue weighted by atomic mass is 9.78. The summed E-state index contributed by atoms with van der Waals surface area (Å²) in [7, 11) is 0. The van der Waals surface area contributed by atoms with Gasteiger partial charge in [0.05, 0.1) is 30.9 Å². The van der Waals surface area contributed by atoms with Crippen molar-refractivity contribution in [3.63, 3.8) is 0 Å². The van der Waals surface area contributed by atoms with E-state index >= 15 is 0 Å². The fraction of sp³-hybridized carbons (Fsp3) is 0.680. The third kappa shape index (κ3) is 5.81. The summed E-state index contributed by atoms with van der Waals surface area (Å²) >= 11 is 1.40. The summed E-state index contributed by atoms with van der Waals surface area (Å²) in [5.74, 6) is -2.88. The molecule has 4 aliphatic rings. The van der Waals surface area contributed by atoms with Gasteiger partial charge in [0.15, 0.2) is 0 Å². The number of carboxylic acids is 1. The number of aliphatic hydroxyl groups excluding tert-OH is 1. The molecule has 15 heteroatoms. The van der Waals surface area contributed by atoms with Gasteiger partial charge < -0.3 is 41.3 Å². The number of hydrogen-bond donors (Lipinski definition) is 5. The summed E-state index contributed by atoms with van der Waals surface area (Å²) < 4.78 is 0. The number of rotatable bonds is 10. The first-order valence-electron chi connectivity index (χ1n) is 13.5. The zero-order chi connectivity index (χ0) is 29.1. The van der Waals surface area contributed by atoms with Crippen LogP contribution in [0.5, 0.6) is 0 Å². The Bertz CT molecular complexity index is 1110. The van der Waals surface area contributed by atoms with Gasteiger partial charge in [0, 0.05) is 61.3 Å². The molecule has 0 aromatic rings. The van der Waals surface area contributed by atoms with Crippen molar-refractivity contribution < 1.29 is 34.2 Å². The summed E-state index contributed by atoms with van der Waals surface area (Å²) in [4.78, 5) is 71.6. The Morgan fingerprint density at radius 1 is 1.23 bits per heavy atom. The molecule has 0 aromatic heterocycles. The summed E-state index contributed by atoms with van der Waals surface area (Å²) in [6.45, 7) is 5.46. The number of nitrogens with one attached hydrogen (secondary N) is 2. The molecule has 4 aliphatic heterocycles. The van der Waals surface area contributed by atoms with Gasteiger partial charge in [0.25, 0.3) is 0 Å². The zero-order valence-electron chi connectivity index (χ0n) is 22.6. The van der Waals surface area contributed by atoms with E-state index in [4.69, 9.17) is 10.8 Å². The average molecular weight is 580 g/mol. The number of aliphatic imine (C=N–C) groups is 1. The van der Waals surface area contributed by atoms with Crippen LogP contribution in [0, 0.1) is 11.8 Å². The first-order valence-corrected chi connectivity index (χ1v) is 14.3. The zero-order valence-corrected chi connectivity index (χ0v) is 23.4. The van der Waals surface area contributed by atoms with Crippen molar-refractivity contribution in [2.45, 2.75) is 50.1 Å². The molecular formula is C25H37N7O7S. The van der Waals surface area contributed by atoms with Crippen LogP contribution in [0.3, 0.4) is 0 Å². The molecule has 4 amide bonds. The van der Waals surface area contributed by atoms with Gasteiger partial charge in [-0.05, 0) is 13.3 Å². The van der Waals surface area contributed by atoms with Gasteiger partial charge in [-0.25, -0.2) is 4.79 Å². The molecule has 4 heterocycles. The number of thioether (sulfide) groups is 1. The van der Waals surface area contributed by atoms with Crippen LogP contribution in [0.2, 0.25) is 0 Å². The predicted molar refractivity (Wildman–Crippen MR) is 146 cm³/mol. The second kappa shape index (κ2) is 12.6. The van der Waals surface area contributed by atoms with Crippen molar-refractivity contribution in [1.82, 2.24) is 25.3 Å². The van der Waals surface area contributed by atoms with Crippen molar-refractivity contribution in [3.05, 3.63) is 10.6 Å². The maximum Gasteiger partial charge on any atom is 0.353 e. The molecule has 14 nitrogen and oxygen atoms in total. The molecule has 3 fully saturated rings. The molecule has 0 aromatic carbocycles. The summed E-state index contributed by atoms with van der Waals surface area (Å²) in [5.41, 5.74) is 5.17. The largest absolute Gasteiger partial charge is 0.477 e. The SMILES string of the molecule is C[C@H]1C(S[C@@H]2CN[C@H](C(=O)N3CCN(C(=O)CCO)CC3)C2)=C(C(=O)O)N2C(=O)[C@H]([C@@H](C)NC(=O)CN=CN)C12. The Morgan fingerprint density at radius 2 is 1.90 bits per heavy atom. The van der Waals surface area contributed by atoms with E-state index in [0.717, 1.165) is 6.34 Å². The lowest BCUT2D eigenvalue weighted by Crippen LogP contribution is -2.66. The molecule has 3 saturated heterocycles. The molecule has 0 aliphatic carbocycles. The Morgan fingerprint density at radius 3 is 2.52 bits per heavy atom. The van der Waals surface area contributed by atoms with Crippen LogP contribution in [-0.2, 0) is 24.0 Å². The van der Waals surface area contributed by atoms with Crippen LogP contribution < -0.4 is 16.4 Å². The van der Waals surface area contributed by atoms with E-state index < -0.39 is 24.0 Å². The van der Waals surface area contributed by atoms with E-state index in [1.165, 1.54) is 16.7 Å². The molecule has 1 unspecified atom stereocenters. The number of nitrogens with two attached hydrogens (primary N) is 1.